The number of carbonyl (C=O) groups excluding carboxylic acids is 3. The van der Waals surface area contributed by atoms with Gasteiger partial charge in [-0.3, -0.25) is 14.5 Å². The van der Waals surface area contributed by atoms with Crippen molar-refractivity contribution in [1.82, 2.24) is 4.90 Å². The van der Waals surface area contributed by atoms with Gasteiger partial charge in [0.15, 0.2) is 0 Å². The van der Waals surface area contributed by atoms with Gasteiger partial charge in [-0.25, -0.2) is 14.1 Å². The number of methoxy groups -OCH3 is 1. The molecule has 2 amide bonds. The molecule has 2 aromatic carbocycles. The molecule has 0 saturated carbocycles. The molecule has 2 saturated heterocycles. The van der Waals surface area contributed by atoms with Gasteiger partial charge in [0.25, 0.3) is 5.91 Å². The smallest absolute Gasteiger partial charge is 0.337 e. The second kappa shape index (κ2) is 8.23. The number of carbonyl (C=O) groups is 3. The summed E-state index contributed by atoms with van der Waals surface area (Å²) in [6, 6.07) is 12.1. The number of hydrogen-bond donors (Lipinski definition) is 0. The lowest BCUT2D eigenvalue weighted by atomic mass is 10.1. The number of ether oxygens (including phenoxy) is 1. The van der Waals surface area contributed by atoms with E-state index in [0.29, 0.717) is 37.4 Å². The van der Waals surface area contributed by atoms with Crippen molar-refractivity contribution in [2.24, 2.45) is 0 Å². The first kappa shape index (κ1) is 20.0. The molecule has 2 aliphatic rings. The lowest BCUT2D eigenvalue weighted by molar-refractivity contribution is -0.123. The number of benzene rings is 2. The number of imide groups is 1. The third-order valence-corrected chi connectivity index (χ3v) is 5.62. The molecule has 0 bridgehead atoms. The maximum atomic E-state index is 13.1. The standard InChI is InChI=1S/C22H22FN3O4/c1-30-22(29)15-2-6-18(7-3-15)26-20(27)14-19(21(26)28)25-12-10-24(11-13-25)17-8-4-16(23)5-9-17/h2-9,19H,10-14H2,1H3/t19-/m1/s1. The number of nitrogens with zero attached hydrogens (tertiary/aromatic N) is 3. The number of piperazine rings is 1. The van der Waals surface area contributed by atoms with Crippen LogP contribution in [0, 0.1) is 5.82 Å². The fraction of sp³-hybridized carbons (Fsp3) is 0.318. The molecule has 7 nitrogen and oxygen atoms in total. The SMILES string of the molecule is COC(=O)c1ccc(N2C(=O)C[C@@H](N3CCN(c4ccc(F)cc4)CC3)C2=O)cc1. The predicted octanol–water partition coefficient (Wildman–Crippen LogP) is 2.07. The number of amides is 2. The summed E-state index contributed by atoms with van der Waals surface area (Å²) in [7, 11) is 1.30. The normalized spacial score (nSPS) is 20.0. The van der Waals surface area contributed by atoms with E-state index < -0.39 is 12.0 Å². The van der Waals surface area contributed by atoms with Gasteiger partial charge < -0.3 is 9.64 Å². The van der Waals surface area contributed by atoms with Gasteiger partial charge in [-0.2, -0.15) is 0 Å². The van der Waals surface area contributed by atoms with Crippen molar-refractivity contribution in [1.29, 1.82) is 0 Å². The van der Waals surface area contributed by atoms with Crippen LogP contribution >= 0.6 is 0 Å². The number of rotatable bonds is 4. The van der Waals surface area contributed by atoms with Crippen molar-refractivity contribution in [3.8, 4) is 0 Å². The summed E-state index contributed by atoms with van der Waals surface area (Å²) in [5.41, 5.74) is 1.75. The Balaban J connectivity index is 1.42. The van der Waals surface area contributed by atoms with E-state index in [0.717, 1.165) is 5.69 Å². The first-order valence-corrected chi connectivity index (χ1v) is 9.77. The molecular formula is C22H22FN3O4. The van der Waals surface area contributed by atoms with Crippen LogP contribution in [0.4, 0.5) is 15.8 Å². The Morgan fingerprint density at radius 1 is 0.933 bits per heavy atom. The average Bonchev–Trinajstić information content (AvgIpc) is 3.08. The van der Waals surface area contributed by atoms with E-state index in [1.54, 1.807) is 24.3 Å². The van der Waals surface area contributed by atoms with Crippen LogP contribution in [0.3, 0.4) is 0 Å². The topological polar surface area (TPSA) is 70.2 Å². The fourth-order valence-electron chi connectivity index (χ4n) is 3.98. The highest BCUT2D eigenvalue weighted by atomic mass is 19.1. The van der Waals surface area contributed by atoms with Crippen LogP contribution < -0.4 is 9.80 Å². The minimum atomic E-state index is -0.492. The molecule has 0 spiro atoms. The summed E-state index contributed by atoms with van der Waals surface area (Å²) in [6.45, 7) is 2.65. The molecule has 156 valence electrons. The van der Waals surface area contributed by atoms with Gasteiger partial charge >= 0.3 is 5.97 Å². The maximum Gasteiger partial charge on any atom is 0.337 e. The third kappa shape index (κ3) is 3.78. The Labute approximate surface area is 173 Å². The van der Waals surface area contributed by atoms with Crippen molar-refractivity contribution in [3.63, 3.8) is 0 Å². The van der Waals surface area contributed by atoms with Crippen LogP contribution in [-0.4, -0.2) is 62.0 Å². The molecule has 2 fully saturated rings. The minimum Gasteiger partial charge on any atom is -0.465 e. The maximum absolute atomic E-state index is 13.1. The van der Waals surface area contributed by atoms with Crippen LogP contribution in [0.2, 0.25) is 0 Å². The Morgan fingerprint density at radius 3 is 2.13 bits per heavy atom. The number of halogens is 1. The molecule has 1 atom stereocenters. The monoisotopic (exact) mass is 411 g/mol. The van der Waals surface area contributed by atoms with E-state index >= 15 is 0 Å². The Kier molecular flexibility index (Phi) is 5.50. The zero-order valence-electron chi connectivity index (χ0n) is 16.6. The number of anilines is 2. The summed E-state index contributed by atoms with van der Waals surface area (Å²) >= 11 is 0. The van der Waals surface area contributed by atoms with Crippen LogP contribution in [0.15, 0.2) is 48.5 Å². The minimum absolute atomic E-state index is 0.133. The zero-order valence-corrected chi connectivity index (χ0v) is 16.6. The van der Waals surface area contributed by atoms with Crippen molar-refractivity contribution in [2.45, 2.75) is 12.5 Å². The third-order valence-electron chi connectivity index (χ3n) is 5.62. The molecule has 8 heteroatoms. The average molecular weight is 411 g/mol. The number of esters is 1. The second-order valence-electron chi connectivity index (χ2n) is 7.33. The van der Waals surface area contributed by atoms with Crippen LogP contribution in [0.25, 0.3) is 0 Å². The van der Waals surface area contributed by atoms with E-state index in [-0.39, 0.29) is 24.1 Å². The predicted molar refractivity (Wildman–Crippen MR) is 109 cm³/mol. The van der Waals surface area contributed by atoms with Crippen molar-refractivity contribution in [2.75, 3.05) is 43.1 Å². The highest BCUT2D eigenvalue weighted by Crippen LogP contribution is 2.27. The summed E-state index contributed by atoms with van der Waals surface area (Å²) in [4.78, 5) is 42.5. The van der Waals surface area contributed by atoms with E-state index in [1.807, 2.05) is 4.90 Å². The second-order valence-corrected chi connectivity index (χ2v) is 7.33. The van der Waals surface area contributed by atoms with Gasteiger partial charge in [-0.15, -0.1) is 0 Å². The molecule has 30 heavy (non-hydrogen) atoms. The van der Waals surface area contributed by atoms with E-state index in [9.17, 15) is 18.8 Å². The van der Waals surface area contributed by atoms with E-state index in [4.69, 9.17) is 0 Å². The lowest BCUT2D eigenvalue weighted by Gasteiger charge is -2.38. The molecule has 0 aliphatic carbocycles. The van der Waals surface area contributed by atoms with Gasteiger partial charge in [0.05, 0.1) is 30.8 Å². The fourth-order valence-corrected chi connectivity index (χ4v) is 3.98. The summed E-state index contributed by atoms with van der Waals surface area (Å²) < 4.78 is 17.8. The Morgan fingerprint density at radius 2 is 1.53 bits per heavy atom. The van der Waals surface area contributed by atoms with Gasteiger partial charge in [-0.1, -0.05) is 0 Å². The summed E-state index contributed by atoms with van der Waals surface area (Å²) in [5, 5.41) is 0. The first-order valence-electron chi connectivity index (χ1n) is 9.77. The first-order chi connectivity index (χ1) is 14.5. The molecule has 2 heterocycles. The van der Waals surface area contributed by atoms with Gasteiger partial charge in [0.2, 0.25) is 5.91 Å². The van der Waals surface area contributed by atoms with Crippen LogP contribution in [-0.2, 0) is 14.3 Å². The van der Waals surface area contributed by atoms with Crippen LogP contribution in [0.1, 0.15) is 16.8 Å². The quantitative estimate of drug-likeness (QED) is 0.567. The summed E-state index contributed by atoms with van der Waals surface area (Å²) in [5.74, 6) is -1.25. The van der Waals surface area contributed by atoms with Crippen molar-refractivity contribution < 1.29 is 23.5 Å². The molecule has 4 rings (SSSR count). The lowest BCUT2D eigenvalue weighted by Crippen LogP contribution is -2.52. The van der Waals surface area contributed by atoms with Crippen molar-refractivity contribution in [3.05, 3.63) is 59.9 Å². The van der Waals surface area contributed by atoms with Gasteiger partial charge in [-0.05, 0) is 48.5 Å². The van der Waals surface area contributed by atoms with Gasteiger partial charge in [0, 0.05) is 31.9 Å². The zero-order chi connectivity index (χ0) is 21.3. The summed E-state index contributed by atoms with van der Waals surface area (Å²) in [6.07, 6.45) is 0.133. The molecule has 2 aliphatic heterocycles. The molecule has 2 aromatic rings. The molecule has 0 radical (unpaired) electrons. The molecule has 0 aromatic heterocycles. The Bertz CT molecular complexity index is 953. The largest absolute Gasteiger partial charge is 0.465 e. The van der Waals surface area contributed by atoms with E-state index in [2.05, 4.69) is 9.64 Å². The van der Waals surface area contributed by atoms with Crippen molar-refractivity contribution >= 4 is 29.2 Å². The molecule has 0 N–H and O–H groups in total. The van der Waals surface area contributed by atoms with Crippen LogP contribution in [0.5, 0.6) is 0 Å². The molecular weight excluding hydrogens is 389 g/mol. The van der Waals surface area contributed by atoms with E-state index in [1.165, 1.54) is 36.3 Å². The number of hydrogen-bond acceptors (Lipinski definition) is 6. The Hall–Kier alpha value is -3.26. The highest BCUT2D eigenvalue weighted by molar-refractivity contribution is 6.22. The highest BCUT2D eigenvalue weighted by Gasteiger charge is 2.43. The van der Waals surface area contributed by atoms with Gasteiger partial charge in [0.1, 0.15) is 5.82 Å². The molecule has 0 unspecified atom stereocenters.